The van der Waals surface area contributed by atoms with E-state index in [0.717, 1.165) is 21.3 Å². The van der Waals surface area contributed by atoms with Crippen molar-refractivity contribution in [3.05, 3.63) is 57.6 Å². The Bertz CT molecular complexity index is 1020. The van der Waals surface area contributed by atoms with Gasteiger partial charge in [-0.2, -0.15) is 5.10 Å². The summed E-state index contributed by atoms with van der Waals surface area (Å²) in [5.41, 5.74) is 5.42. The fourth-order valence-electron chi connectivity index (χ4n) is 2.55. The summed E-state index contributed by atoms with van der Waals surface area (Å²) < 4.78 is 6.41. The van der Waals surface area contributed by atoms with E-state index in [4.69, 9.17) is 4.74 Å². The van der Waals surface area contributed by atoms with Gasteiger partial charge in [0.2, 0.25) is 0 Å². The zero-order valence-corrected chi connectivity index (χ0v) is 20.1. The van der Waals surface area contributed by atoms with Crippen LogP contribution in [-0.4, -0.2) is 36.6 Å². The second-order valence-corrected chi connectivity index (χ2v) is 8.23. The lowest BCUT2D eigenvalue weighted by Crippen LogP contribution is -2.41. The predicted molar refractivity (Wildman–Crippen MR) is 128 cm³/mol. The minimum Gasteiger partial charge on any atom is -0.483 e. The Balaban J connectivity index is 1.99. The summed E-state index contributed by atoms with van der Waals surface area (Å²) in [6, 6.07) is 10.8. The van der Waals surface area contributed by atoms with Crippen molar-refractivity contribution in [3.63, 3.8) is 0 Å². The third-order valence-electron chi connectivity index (χ3n) is 4.56. The maximum absolute atomic E-state index is 12.3. The summed E-state index contributed by atoms with van der Waals surface area (Å²) in [7, 11) is 0. The molecule has 0 saturated carbocycles. The number of hydrazone groups is 1. The zero-order valence-electron chi connectivity index (χ0n) is 18.5. The van der Waals surface area contributed by atoms with Crippen LogP contribution >= 0.6 is 15.9 Å². The van der Waals surface area contributed by atoms with E-state index in [-0.39, 0.29) is 18.6 Å². The van der Waals surface area contributed by atoms with Gasteiger partial charge in [-0.25, -0.2) is 5.43 Å². The van der Waals surface area contributed by atoms with Crippen LogP contribution in [0.5, 0.6) is 5.75 Å². The van der Waals surface area contributed by atoms with Gasteiger partial charge < -0.3 is 15.4 Å². The summed E-state index contributed by atoms with van der Waals surface area (Å²) >= 11 is 3.37. The van der Waals surface area contributed by atoms with E-state index in [1.165, 1.54) is 6.21 Å². The molecular formula is C23H27BrN4O4. The maximum atomic E-state index is 12.3. The normalized spacial score (nSPS) is 11.7. The van der Waals surface area contributed by atoms with Gasteiger partial charge in [0, 0.05) is 21.8 Å². The molecule has 2 aromatic carbocycles. The van der Waals surface area contributed by atoms with Crippen LogP contribution in [0.3, 0.4) is 0 Å². The summed E-state index contributed by atoms with van der Waals surface area (Å²) in [4.78, 5) is 36.0. The molecule has 8 nitrogen and oxygen atoms in total. The fourth-order valence-corrected chi connectivity index (χ4v) is 2.93. The van der Waals surface area contributed by atoms with E-state index in [1.807, 2.05) is 39.0 Å². The van der Waals surface area contributed by atoms with Crippen LogP contribution in [-0.2, 0) is 14.4 Å². The lowest BCUT2D eigenvalue weighted by molar-refractivity contribution is -0.139. The van der Waals surface area contributed by atoms with Crippen LogP contribution in [0, 0.1) is 13.8 Å². The molecule has 170 valence electrons. The highest BCUT2D eigenvalue weighted by Gasteiger charge is 2.14. The Morgan fingerprint density at radius 2 is 1.88 bits per heavy atom. The molecule has 0 saturated heterocycles. The van der Waals surface area contributed by atoms with Crippen LogP contribution < -0.4 is 20.8 Å². The number of rotatable bonds is 8. The molecule has 1 atom stereocenters. The molecule has 0 spiro atoms. The highest BCUT2D eigenvalue weighted by Crippen LogP contribution is 2.22. The molecule has 3 amide bonds. The van der Waals surface area contributed by atoms with Gasteiger partial charge in [0.05, 0.1) is 6.21 Å². The molecule has 0 aromatic heterocycles. The molecule has 0 radical (unpaired) electrons. The quantitative estimate of drug-likeness (QED) is 0.291. The third kappa shape index (κ3) is 7.81. The topological polar surface area (TPSA) is 109 Å². The van der Waals surface area contributed by atoms with Crippen molar-refractivity contribution in [1.29, 1.82) is 0 Å². The van der Waals surface area contributed by atoms with Gasteiger partial charge in [-0.05, 0) is 62.6 Å². The first kappa shape index (κ1) is 25.1. The van der Waals surface area contributed by atoms with E-state index in [0.29, 0.717) is 17.7 Å². The summed E-state index contributed by atoms with van der Waals surface area (Å²) in [5, 5.41) is 9.22. The molecule has 0 aliphatic heterocycles. The van der Waals surface area contributed by atoms with Crippen LogP contribution in [0.15, 0.2) is 46.0 Å². The highest BCUT2D eigenvalue weighted by molar-refractivity contribution is 9.10. The third-order valence-corrected chi connectivity index (χ3v) is 5.06. The van der Waals surface area contributed by atoms with Crippen molar-refractivity contribution in [1.82, 2.24) is 10.7 Å². The number of anilines is 1. The number of amides is 3. The summed E-state index contributed by atoms with van der Waals surface area (Å²) in [6.07, 6.45) is 2.05. The number of carbonyl (C=O) groups excluding carboxylic acids is 3. The number of hydrogen-bond acceptors (Lipinski definition) is 5. The standard InChI is InChI=1S/C23H27BrN4O4/c1-5-16(4)26-22(30)23(31)28-25-12-17-11-18(24)8-9-20(17)32-13-21(29)27-19-10-14(2)6-7-15(19)3/h6-12,16H,5,13H2,1-4H3,(H,26,30)(H,27,29)(H,28,31)/b25-12-/t16-/m0/s1. The molecular weight excluding hydrogens is 476 g/mol. The number of aryl methyl sites for hydroxylation is 2. The van der Waals surface area contributed by atoms with Crippen molar-refractivity contribution in [2.45, 2.75) is 40.2 Å². The molecule has 0 bridgehead atoms. The van der Waals surface area contributed by atoms with Crippen molar-refractivity contribution in [3.8, 4) is 5.75 Å². The monoisotopic (exact) mass is 502 g/mol. The predicted octanol–water partition coefficient (Wildman–Crippen LogP) is 3.45. The Morgan fingerprint density at radius 1 is 1.12 bits per heavy atom. The maximum Gasteiger partial charge on any atom is 0.329 e. The smallest absolute Gasteiger partial charge is 0.329 e. The molecule has 0 unspecified atom stereocenters. The average molecular weight is 503 g/mol. The Morgan fingerprint density at radius 3 is 2.59 bits per heavy atom. The molecule has 32 heavy (non-hydrogen) atoms. The van der Waals surface area contributed by atoms with Gasteiger partial charge >= 0.3 is 11.8 Å². The Kier molecular flexibility index (Phi) is 9.39. The number of halogens is 1. The molecule has 0 aliphatic carbocycles. The van der Waals surface area contributed by atoms with E-state index >= 15 is 0 Å². The first-order chi connectivity index (χ1) is 15.2. The summed E-state index contributed by atoms with van der Waals surface area (Å²) in [5.74, 6) is -1.54. The van der Waals surface area contributed by atoms with Gasteiger partial charge in [0.25, 0.3) is 5.91 Å². The second kappa shape index (κ2) is 12.0. The van der Waals surface area contributed by atoms with E-state index in [9.17, 15) is 14.4 Å². The first-order valence-corrected chi connectivity index (χ1v) is 10.9. The van der Waals surface area contributed by atoms with E-state index in [2.05, 4.69) is 37.1 Å². The van der Waals surface area contributed by atoms with Crippen molar-refractivity contribution in [2.75, 3.05) is 11.9 Å². The number of ether oxygens (including phenoxy) is 1. The average Bonchev–Trinajstić information content (AvgIpc) is 2.75. The molecule has 3 N–H and O–H groups in total. The van der Waals surface area contributed by atoms with Crippen molar-refractivity contribution >= 4 is 45.6 Å². The van der Waals surface area contributed by atoms with Crippen LogP contribution in [0.2, 0.25) is 0 Å². The molecule has 9 heteroatoms. The van der Waals surface area contributed by atoms with E-state index < -0.39 is 11.8 Å². The number of nitrogens with one attached hydrogen (secondary N) is 3. The highest BCUT2D eigenvalue weighted by atomic mass is 79.9. The van der Waals surface area contributed by atoms with Gasteiger partial charge in [0.15, 0.2) is 6.61 Å². The van der Waals surface area contributed by atoms with Crippen LogP contribution in [0.1, 0.15) is 37.0 Å². The van der Waals surface area contributed by atoms with Gasteiger partial charge in [0.1, 0.15) is 5.75 Å². The van der Waals surface area contributed by atoms with Crippen molar-refractivity contribution in [2.24, 2.45) is 5.10 Å². The number of hydrogen-bond donors (Lipinski definition) is 3. The van der Waals surface area contributed by atoms with Crippen LogP contribution in [0.25, 0.3) is 0 Å². The Hall–Kier alpha value is -3.20. The second-order valence-electron chi connectivity index (χ2n) is 7.32. The lowest BCUT2D eigenvalue weighted by atomic mass is 10.1. The molecule has 0 aliphatic rings. The Labute approximate surface area is 195 Å². The zero-order chi connectivity index (χ0) is 23.7. The van der Waals surface area contributed by atoms with Gasteiger partial charge in [-0.15, -0.1) is 0 Å². The minimum absolute atomic E-state index is 0.114. The molecule has 0 heterocycles. The molecule has 2 rings (SSSR count). The minimum atomic E-state index is -0.869. The fraction of sp³-hybridized carbons (Fsp3) is 0.304. The SMILES string of the molecule is CC[C@H](C)NC(=O)C(=O)N/N=C\c1cc(Br)ccc1OCC(=O)Nc1cc(C)ccc1C. The van der Waals surface area contributed by atoms with Gasteiger partial charge in [-0.3, -0.25) is 14.4 Å². The molecule has 2 aromatic rings. The lowest BCUT2D eigenvalue weighted by Gasteiger charge is -2.12. The van der Waals surface area contributed by atoms with Crippen LogP contribution in [0.4, 0.5) is 5.69 Å². The number of benzene rings is 2. The largest absolute Gasteiger partial charge is 0.483 e. The first-order valence-electron chi connectivity index (χ1n) is 10.1. The van der Waals surface area contributed by atoms with Crippen molar-refractivity contribution < 1.29 is 19.1 Å². The van der Waals surface area contributed by atoms with Gasteiger partial charge in [-0.1, -0.05) is 35.0 Å². The van der Waals surface area contributed by atoms with E-state index in [1.54, 1.807) is 25.1 Å². The number of carbonyl (C=O) groups is 3. The summed E-state index contributed by atoms with van der Waals surface area (Å²) in [6.45, 7) is 7.36. The number of nitrogens with zero attached hydrogens (tertiary/aromatic N) is 1. The molecule has 0 fully saturated rings.